The van der Waals surface area contributed by atoms with Crippen LogP contribution in [0.25, 0.3) is 0 Å². The van der Waals surface area contributed by atoms with E-state index in [4.69, 9.17) is 17.3 Å². The summed E-state index contributed by atoms with van der Waals surface area (Å²) >= 11 is 7.66. The highest BCUT2D eigenvalue weighted by Gasteiger charge is 1.97. The Labute approximate surface area is 111 Å². The van der Waals surface area contributed by atoms with E-state index in [1.54, 1.807) is 0 Å². The number of nitrogens with two attached hydrogens (primary N) is 1. The molecule has 2 N–H and O–H groups in total. The topological polar surface area (TPSA) is 26.0 Å². The number of rotatable bonds is 4. The summed E-state index contributed by atoms with van der Waals surface area (Å²) in [5, 5.41) is 0.783. The van der Waals surface area contributed by atoms with Crippen molar-refractivity contribution in [1.29, 1.82) is 0 Å². The van der Waals surface area contributed by atoms with Crippen molar-refractivity contribution in [3.8, 4) is 0 Å². The van der Waals surface area contributed by atoms with Gasteiger partial charge in [-0.3, -0.25) is 0 Å². The Morgan fingerprint density at radius 2 is 1.47 bits per heavy atom. The Hall–Kier alpha value is -0.960. The number of halogens is 1. The van der Waals surface area contributed by atoms with E-state index >= 15 is 0 Å². The van der Waals surface area contributed by atoms with E-state index in [1.807, 2.05) is 23.9 Å². The van der Waals surface area contributed by atoms with Crippen LogP contribution in [0.4, 0.5) is 0 Å². The molecule has 88 valence electrons. The summed E-state index contributed by atoms with van der Waals surface area (Å²) in [6, 6.07) is 16.3. The van der Waals surface area contributed by atoms with Gasteiger partial charge in [0, 0.05) is 22.2 Å². The van der Waals surface area contributed by atoms with Gasteiger partial charge < -0.3 is 5.73 Å². The van der Waals surface area contributed by atoms with Gasteiger partial charge in [0.25, 0.3) is 0 Å². The van der Waals surface area contributed by atoms with Crippen molar-refractivity contribution < 1.29 is 0 Å². The highest BCUT2D eigenvalue weighted by molar-refractivity contribution is 7.98. The van der Waals surface area contributed by atoms with E-state index in [2.05, 4.69) is 36.4 Å². The van der Waals surface area contributed by atoms with Gasteiger partial charge in [-0.15, -0.1) is 11.8 Å². The van der Waals surface area contributed by atoms with Crippen molar-refractivity contribution in [1.82, 2.24) is 0 Å². The minimum atomic E-state index is 0.599. The third-order valence-electron chi connectivity index (χ3n) is 2.48. The zero-order chi connectivity index (χ0) is 12.1. The maximum Gasteiger partial charge on any atom is 0.0406 e. The summed E-state index contributed by atoms with van der Waals surface area (Å²) in [5.41, 5.74) is 8.01. The van der Waals surface area contributed by atoms with Crippen LogP contribution in [0.5, 0.6) is 0 Å². The lowest BCUT2D eigenvalue weighted by atomic mass is 10.2. The van der Waals surface area contributed by atoms with Crippen LogP contribution >= 0.6 is 23.4 Å². The zero-order valence-corrected chi connectivity index (χ0v) is 11.0. The fraction of sp³-hybridized carbons (Fsp3) is 0.143. The minimum Gasteiger partial charge on any atom is -0.326 e. The Balaban J connectivity index is 1.95. The van der Waals surface area contributed by atoms with Crippen molar-refractivity contribution in [3.05, 3.63) is 64.7 Å². The first-order valence-electron chi connectivity index (χ1n) is 5.44. The van der Waals surface area contributed by atoms with E-state index in [1.165, 1.54) is 16.0 Å². The molecule has 17 heavy (non-hydrogen) atoms. The van der Waals surface area contributed by atoms with Crippen molar-refractivity contribution in [2.75, 3.05) is 0 Å². The summed E-state index contributed by atoms with van der Waals surface area (Å²) in [6.07, 6.45) is 0. The molecule has 0 aliphatic heterocycles. The molecule has 0 aliphatic carbocycles. The van der Waals surface area contributed by atoms with Crippen LogP contribution in [-0.4, -0.2) is 0 Å². The molecule has 0 unspecified atom stereocenters. The normalized spacial score (nSPS) is 10.5. The lowest BCUT2D eigenvalue weighted by Gasteiger charge is -2.03. The van der Waals surface area contributed by atoms with Gasteiger partial charge in [0.2, 0.25) is 0 Å². The predicted molar refractivity (Wildman–Crippen MR) is 75.3 cm³/mol. The molecule has 0 aliphatic rings. The van der Waals surface area contributed by atoms with Gasteiger partial charge in [0.1, 0.15) is 0 Å². The first kappa shape index (κ1) is 12.5. The standard InChI is InChI=1S/C14H14ClNS/c15-13-5-1-12(2-6-13)10-17-14-7-3-11(9-16)4-8-14/h1-8H,9-10,16H2. The summed E-state index contributed by atoms with van der Waals surface area (Å²) in [5.74, 6) is 0.957. The lowest BCUT2D eigenvalue weighted by molar-refractivity contribution is 1.07. The molecule has 0 radical (unpaired) electrons. The zero-order valence-electron chi connectivity index (χ0n) is 9.40. The van der Waals surface area contributed by atoms with Crippen molar-refractivity contribution in [2.45, 2.75) is 17.2 Å². The van der Waals surface area contributed by atoms with E-state index in [0.29, 0.717) is 6.54 Å². The van der Waals surface area contributed by atoms with Gasteiger partial charge in [-0.25, -0.2) is 0 Å². The molecule has 0 fully saturated rings. The largest absolute Gasteiger partial charge is 0.326 e. The van der Waals surface area contributed by atoms with E-state index < -0.39 is 0 Å². The van der Waals surface area contributed by atoms with Crippen LogP contribution < -0.4 is 5.73 Å². The molecule has 0 saturated heterocycles. The van der Waals surface area contributed by atoms with Crippen LogP contribution in [-0.2, 0) is 12.3 Å². The fourth-order valence-electron chi connectivity index (χ4n) is 1.47. The molecule has 3 heteroatoms. The third-order valence-corrected chi connectivity index (χ3v) is 3.81. The predicted octanol–water partition coefficient (Wildman–Crippen LogP) is 4.09. The van der Waals surface area contributed by atoms with Crippen molar-refractivity contribution >= 4 is 23.4 Å². The third kappa shape index (κ3) is 3.77. The van der Waals surface area contributed by atoms with Crippen LogP contribution in [0.2, 0.25) is 5.02 Å². The number of thioether (sulfide) groups is 1. The van der Waals surface area contributed by atoms with Gasteiger partial charge in [-0.05, 0) is 35.4 Å². The van der Waals surface area contributed by atoms with Gasteiger partial charge in [-0.1, -0.05) is 35.9 Å². The second-order valence-electron chi connectivity index (χ2n) is 3.76. The second kappa shape index (κ2) is 6.10. The molecular weight excluding hydrogens is 250 g/mol. The summed E-state index contributed by atoms with van der Waals surface area (Å²) < 4.78 is 0. The first-order chi connectivity index (χ1) is 8.28. The summed E-state index contributed by atoms with van der Waals surface area (Å²) in [7, 11) is 0. The maximum atomic E-state index is 5.84. The lowest BCUT2D eigenvalue weighted by Crippen LogP contribution is -1.94. The highest BCUT2D eigenvalue weighted by Crippen LogP contribution is 2.23. The summed E-state index contributed by atoms with van der Waals surface area (Å²) in [4.78, 5) is 1.26. The SMILES string of the molecule is NCc1ccc(SCc2ccc(Cl)cc2)cc1. The minimum absolute atomic E-state index is 0.599. The Kier molecular flexibility index (Phi) is 4.49. The quantitative estimate of drug-likeness (QED) is 0.841. The number of hydrogen-bond donors (Lipinski definition) is 1. The smallest absolute Gasteiger partial charge is 0.0406 e. The molecule has 0 aromatic heterocycles. The number of benzene rings is 2. The van der Waals surface area contributed by atoms with Crippen LogP contribution in [0, 0.1) is 0 Å². The molecule has 1 nitrogen and oxygen atoms in total. The first-order valence-corrected chi connectivity index (χ1v) is 6.80. The molecular formula is C14H14ClNS. The Bertz CT molecular complexity index is 465. The second-order valence-corrected chi connectivity index (χ2v) is 5.25. The van der Waals surface area contributed by atoms with E-state index in [0.717, 1.165) is 10.8 Å². The van der Waals surface area contributed by atoms with Gasteiger partial charge in [0.15, 0.2) is 0 Å². The van der Waals surface area contributed by atoms with Gasteiger partial charge >= 0.3 is 0 Å². The molecule has 0 bridgehead atoms. The van der Waals surface area contributed by atoms with Crippen molar-refractivity contribution in [2.24, 2.45) is 5.73 Å². The van der Waals surface area contributed by atoms with Gasteiger partial charge in [0.05, 0.1) is 0 Å². The van der Waals surface area contributed by atoms with E-state index in [-0.39, 0.29) is 0 Å². The number of hydrogen-bond acceptors (Lipinski definition) is 2. The van der Waals surface area contributed by atoms with Gasteiger partial charge in [-0.2, -0.15) is 0 Å². The molecule has 2 rings (SSSR count). The fourth-order valence-corrected chi connectivity index (χ4v) is 2.45. The molecule has 0 spiro atoms. The molecule has 0 atom stereocenters. The Morgan fingerprint density at radius 3 is 2.06 bits per heavy atom. The molecule has 0 heterocycles. The van der Waals surface area contributed by atoms with E-state index in [9.17, 15) is 0 Å². The molecule has 2 aromatic carbocycles. The average Bonchev–Trinajstić information content (AvgIpc) is 2.39. The van der Waals surface area contributed by atoms with Crippen molar-refractivity contribution in [3.63, 3.8) is 0 Å². The summed E-state index contributed by atoms with van der Waals surface area (Å²) in [6.45, 7) is 0.599. The molecule has 2 aromatic rings. The monoisotopic (exact) mass is 263 g/mol. The maximum absolute atomic E-state index is 5.84. The van der Waals surface area contributed by atoms with Crippen LogP contribution in [0.15, 0.2) is 53.4 Å². The molecule has 0 amide bonds. The van der Waals surface area contributed by atoms with Crippen LogP contribution in [0.1, 0.15) is 11.1 Å². The Morgan fingerprint density at radius 1 is 0.882 bits per heavy atom. The molecule has 0 saturated carbocycles. The highest BCUT2D eigenvalue weighted by atomic mass is 35.5. The van der Waals surface area contributed by atoms with Crippen LogP contribution in [0.3, 0.4) is 0 Å². The average molecular weight is 264 g/mol.